The van der Waals surface area contributed by atoms with E-state index < -0.39 is 6.29 Å². The molecule has 2 N–H and O–H groups in total. The molecular formula is C22H33NO4. The molecule has 0 fully saturated rings. The molecule has 1 aliphatic rings. The van der Waals surface area contributed by atoms with E-state index in [0.717, 1.165) is 0 Å². The number of nitrogens with one attached hydrogen (secondary N) is 1. The normalized spacial score (nSPS) is 20.8. The van der Waals surface area contributed by atoms with Crippen molar-refractivity contribution >= 4 is 11.7 Å². The predicted octanol–water partition coefficient (Wildman–Crippen LogP) is 3.33. The fourth-order valence-electron chi connectivity index (χ4n) is 4.06. The molecular weight excluding hydrogens is 342 g/mol. The Bertz CT molecular complexity index is 706. The van der Waals surface area contributed by atoms with Crippen molar-refractivity contribution in [1.82, 2.24) is 5.32 Å². The second kappa shape index (κ2) is 8.11. The van der Waals surface area contributed by atoms with Gasteiger partial charge in [-0.3, -0.25) is 9.59 Å². The Morgan fingerprint density at radius 3 is 2.41 bits per heavy atom. The lowest BCUT2D eigenvalue weighted by Gasteiger charge is -2.32. The van der Waals surface area contributed by atoms with Crippen LogP contribution >= 0.6 is 0 Å². The zero-order valence-corrected chi connectivity index (χ0v) is 17.4. The Labute approximate surface area is 162 Å². The molecule has 1 aliphatic carbocycles. The molecule has 0 radical (unpaired) electrons. The van der Waals surface area contributed by atoms with Crippen LogP contribution in [0.4, 0.5) is 0 Å². The molecule has 0 bridgehead atoms. The van der Waals surface area contributed by atoms with Gasteiger partial charge in [-0.1, -0.05) is 46.8 Å². The Hall–Kier alpha value is -1.72. The van der Waals surface area contributed by atoms with Crippen molar-refractivity contribution in [2.24, 2.45) is 5.92 Å². The Balaban J connectivity index is 1.97. The number of aliphatic hydroxyl groups excluding tert-OH is 1. The van der Waals surface area contributed by atoms with E-state index in [4.69, 9.17) is 9.84 Å². The summed E-state index contributed by atoms with van der Waals surface area (Å²) in [4.78, 5) is 24.4. The smallest absolute Gasteiger partial charge is 0.220 e. The van der Waals surface area contributed by atoms with Crippen LogP contribution in [-0.2, 0) is 20.4 Å². The first-order valence-electron chi connectivity index (χ1n) is 9.72. The summed E-state index contributed by atoms with van der Waals surface area (Å²) in [6.45, 7) is 13.3. The summed E-state index contributed by atoms with van der Waals surface area (Å²) in [6.07, 6.45) is -0.517. The largest absolute Gasteiger partial charge is 0.368 e. The number of ketones is 1. The fraction of sp³-hybridized carbons (Fsp3) is 0.636. The number of benzene rings is 1. The molecule has 2 rings (SSSR count). The van der Waals surface area contributed by atoms with Gasteiger partial charge in [0.25, 0.3) is 0 Å². The zero-order valence-electron chi connectivity index (χ0n) is 17.4. The number of carbonyl (C=O) groups excluding carboxylic acids is 2. The molecule has 0 saturated heterocycles. The summed E-state index contributed by atoms with van der Waals surface area (Å²) >= 11 is 0. The van der Waals surface area contributed by atoms with Gasteiger partial charge in [-0.15, -0.1) is 0 Å². The van der Waals surface area contributed by atoms with Crippen molar-refractivity contribution in [2.45, 2.75) is 71.5 Å². The first-order chi connectivity index (χ1) is 12.5. The first-order valence-corrected chi connectivity index (χ1v) is 9.72. The molecule has 5 nitrogen and oxygen atoms in total. The molecule has 0 heterocycles. The number of hydrogen-bond acceptors (Lipinski definition) is 4. The minimum atomic E-state index is -0.847. The zero-order chi connectivity index (χ0) is 20.4. The number of rotatable bonds is 8. The molecule has 0 spiro atoms. The molecule has 2 atom stereocenters. The highest BCUT2D eigenvalue weighted by atomic mass is 16.6. The SMILES string of the molecule is CC(O)OCCNC(=O)CCC(=O)c1ccc2c(c1)C(C)(C)C(C)C2(C)C. The van der Waals surface area contributed by atoms with Crippen molar-refractivity contribution in [3.63, 3.8) is 0 Å². The third-order valence-corrected chi connectivity index (χ3v) is 6.26. The molecule has 0 aliphatic heterocycles. The van der Waals surface area contributed by atoms with E-state index in [-0.39, 0.29) is 42.0 Å². The minimum absolute atomic E-state index is 0.0103. The molecule has 1 amide bonds. The van der Waals surface area contributed by atoms with Crippen LogP contribution in [0.5, 0.6) is 0 Å². The van der Waals surface area contributed by atoms with Crippen molar-refractivity contribution in [2.75, 3.05) is 13.2 Å². The minimum Gasteiger partial charge on any atom is -0.368 e. The molecule has 27 heavy (non-hydrogen) atoms. The number of fused-ring (bicyclic) bond motifs is 1. The number of ether oxygens (including phenoxy) is 1. The lowest BCUT2D eigenvalue weighted by molar-refractivity contribution is -0.122. The van der Waals surface area contributed by atoms with Gasteiger partial charge in [0.1, 0.15) is 0 Å². The van der Waals surface area contributed by atoms with E-state index in [2.05, 4.69) is 46.0 Å². The van der Waals surface area contributed by atoms with E-state index in [1.807, 2.05) is 12.1 Å². The highest BCUT2D eigenvalue weighted by molar-refractivity contribution is 5.98. The summed E-state index contributed by atoms with van der Waals surface area (Å²) in [5.74, 6) is 0.273. The Morgan fingerprint density at radius 2 is 1.78 bits per heavy atom. The second-order valence-corrected chi connectivity index (χ2v) is 8.67. The van der Waals surface area contributed by atoms with Crippen LogP contribution in [0.2, 0.25) is 0 Å². The van der Waals surface area contributed by atoms with E-state index in [1.54, 1.807) is 0 Å². The highest BCUT2D eigenvalue weighted by Crippen LogP contribution is 2.53. The average Bonchev–Trinajstić information content (AvgIpc) is 2.74. The summed E-state index contributed by atoms with van der Waals surface area (Å²) in [7, 11) is 0. The standard InChI is InChI=1S/C22H33NO4/c1-14-21(3,4)17-8-7-16(13-18(17)22(14,5)6)19(25)9-10-20(26)23-11-12-27-15(2)24/h7-8,13-15,24H,9-12H2,1-6H3,(H,23,26). The van der Waals surface area contributed by atoms with Crippen molar-refractivity contribution in [3.05, 3.63) is 34.9 Å². The number of Topliss-reactive ketones (excluding diaryl/α,β-unsaturated/α-hetero) is 1. The molecule has 150 valence electrons. The second-order valence-electron chi connectivity index (χ2n) is 8.67. The maximum absolute atomic E-state index is 12.6. The predicted molar refractivity (Wildman–Crippen MR) is 106 cm³/mol. The summed E-state index contributed by atoms with van der Waals surface area (Å²) < 4.78 is 4.95. The summed E-state index contributed by atoms with van der Waals surface area (Å²) in [5, 5.41) is 11.7. The third kappa shape index (κ3) is 4.58. The molecule has 1 aromatic carbocycles. The average molecular weight is 376 g/mol. The Kier molecular flexibility index (Phi) is 6.48. The highest BCUT2D eigenvalue weighted by Gasteiger charge is 2.48. The number of carbonyl (C=O) groups is 2. The van der Waals surface area contributed by atoms with Crippen LogP contribution in [0, 0.1) is 5.92 Å². The molecule has 0 saturated carbocycles. The van der Waals surface area contributed by atoms with E-state index in [9.17, 15) is 9.59 Å². The summed E-state index contributed by atoms with van der Waals surface area (Å²) in [6, 6.07) is 6.00. The maximum atomic E-state index is 12.6. The van der Waals surface area contributed by atoms with Gasteiger partial charge in [-0.2, -0.15) is 0 Å². The van der Waals surface area contributed by atoms with Crippen LogP contribution < -0.4 is 5.32 Å². The van der Waals surface area contributed by atoms with Crippen LogP contribution in [0.15, 0.2) is 18.2 Å². The fourth-order valence-corrected chi connectivity index (χ4v) is 4.06. The number of hydrogen-bond donors (Lipinski definition) is 2. The van der Waals surface area contributed by atoms with Gasteiger partial charge >= 0.3 is 0 Å². The van der Waals surface area contributed by atoms with Crippen LogP contribution in [-0.4, -0.2) is 36.2 Å². The van der Waals surface area contributed by atoms with E-state index in [0.29, 0.717) is 18.0 Å². The van der Waals surface area contributed by atoms with Crippen LogP contribution in [0.1, 0.15) is 75.9 Å². The maximum Gasteiger partial charge on any atom is 0.220 e. The van der Waals surface area contributed by atoms with Gasteiger partial charge in [-0.25, -0.2) is 0 Å². The van der Waals surface area contributed by atoms with Gasteiger partial charge in [0.05, 0.1) is 6.61 Å². The van der Waals surface area contributed by atoms with Crippen molar-refractivity contribution in [3.8, 4) is 0 Å². The first kappa shape index (κ1) is 21.6. The van der Waals surface area contributed by atoms with Crippen molar-refractivity contribution in [1.29, 1.82) is 0 Å². The van der Waals surface area contributed by atoms with Gasteiger partial charge in [0, 0.05) is 24.9 Å². The van der Waals surface area contributed by atoms with Gasteiger partial charge in [-0.05, 0) is 40.9 Å². The molecule has 2 unspecified atom stereocenters. The van der Waals surface area contributed by atoms with Gasteiger partial charge in [0.15, 0.2) is 12.1 Å². The van der Waals surface area contributed by atoms with Crippen molar-refractivity contribution < 1.29 is 19.4 Å². The molecule has 1 aromatic rings. The quantitative estimate of drug-likeness (QED) is 0.415. The van der Waals surface area contributed by atoms with Crippen LogP contribution in [0.25, 0.3) is 0 Å². The summed E-state index contributed by atoms with van der Waals surface area (Å²) in [5.41, 5.74) is 3.32. The van der Waals surface area contributed by atoms with Gasteiger partial charge < -0.3 is 15.2 Å². The lowest BCUT2D eigenvalue weighted by atomic mass is 9.71. The lowest BCUT2D eigenvalue weighted by Crippen LogP contribution is -2.30. The molecule has 0 aromatic heterocycles. The molecule has 5 heteroatoms. The van der Waals surface area contributed by atoms with Crippen LogP contribution in [0.3, 0.4) is 0 Å². The van der Waals surface area contributed by atoms with Gasteiger partial charge in [0.2, 0.25) is 5.91 Å². The van der Waals surface area contributed by atoms with E-state index in [1.165, 1.54) is 18.1 Å². The van der Waals surface area contributed by atoms with E-state index >= 15 is 0 Å². The third-order valence-electron chi connectivity index (χ3n) is 6.26. The topological polar surface area (TPSA) is 75.6 Å². The number of amides is 1. The monoisotopic (exact) mass is 375 g/mol. The number of aliphatic hydroxyl groups is 1. The Morgan fingerprint density at radius 1 is 1.15 bits per heavy atom.